The third-order valence-electron chi connectivity index (χ3n) is 2.77. The van der Waals surface area contributed by atoms with Gasteiger partial charge < -0.3 is 10.1 Å². The minimum absolute atomic E-state index is 0.0109. The van der Waals surface area contributed by atoms with E-state index >= 15 is 0 Å². The van der Waals surface area contributed by atoms with Crippen molar-refractivity contribution in [1.82, 2.24) is 5.32 Å². The highest BCUT2D eigenvalue weighted by atomic mass is 16.5. The molecule has 0 saturated carbocycles. The average Bonchev–Trinajstić information content (AvgIpc) is 2.40. The summed E-state index contributed by atoms with van der Waals surface area (Å²) in [6.07, 6.45) is 4.15. The van der Waals surface area contributed by atoms with Crippen LogP contribution in [0.4, 0.5) is 0 Å². The largest absolute Gasteiger partial charge is 0.494 e. The molecule has 1 N–H and O–H groups in total. The highest BCUT2D eigenvalue weighted by molar-refractivity contribution is 5.46. The highest BCUT2D eigenvalue weighted by Gasteiger charge is 2.08. The van der Waals surface area contributed by atoms with Crippen LogP contribution in [-0.2, 0) is 11.2 Å². The van der Waals surface area contributed by atoms with Crippen LogP contribution in [0, 0.1) is 0 Å². The molecule has 0 spiro atoms. The van der Waals surface area contributed by atoms with Crippen molar-refractivity contribution in [2.24, 2.45) is 0 Å². The lowest BCUT2D eigenvalue weighted by Gasteiger charge is -2.17. The van der Waals surface area contributed by atoms with E-state index in [1.54, 1.807) is 5.94 Å². The Hall–Kier alpha value is -1.83. The van der Waals surface area contributed by atoms with Gasteiger partial charge in [0.1, 0.15) is 11.7 Å². The standard InChI is InChI=1S/C16H21NO2/c1-4-15(17-13(3)10-11-18)12-14-6-8-16(9-7-14)19-5-2/h4,6-10,13,15,17H,1,5,12H2,2-3H3. The maximum atomic E-state index is 10.3. The van der Waals surface area contributed by atoms with Gasteiger partial charge in [-0.15, -0.1) is 6.58 Å². The Morgan fingerprint density at radius 3 is 2.63 bits per heavy atom. The SMILES string of the molecule is C=CC(Cc1ccc(OCC)cc1)NC(C)C=C=O. The van der Waals surface area contributed by atoms with Gasteiger partial charge in [-0.3, -0.25) is 0 Å². The lowest BCUT2D eigenvalue weighted by Crippen LogP contribution is -2.35. The fourth-order valence-electron chi connectivity index (χ4n) is 1.84. The van der Waals surface area contributed by atoms with Crippen molar-refractivity contribution in [3.05, 3.63) is 48.6 Å². The first-order valence-electron chi connectivity index (χ1n) is 6.51. The minimum atomic E-state index is -0.0109. The number of hydrogen-bond donors (Lipinski definition) is 1. The van der Waals surface area contributed by atoms with E-state index in [0.29, 0.717) is 6.61 Å². The fourth-order valence-corrected chi connectivity index (χ4v) is 1.84. The topological polar surface area (TPSA) is 38.3 Å². The Morgan fingerprint density at radius 1 is 1.42 bits per heavy atom. The molecule has 3 nitrogen and oxygen atoms in total. The maximum absolute atomic E-state index is 10.3. The predicted molar refractivity (Wildman–Crippen MR) is 78.2 cm³/mol. The molecule has 0 saturated heterocycles. The molecule has 0 aromatic heterocycles. The van der Waals surface area contributed by atoms with E-state index in [9.17, 15) is 4.79 Å². The number of benzene rings is 1. The van der Waals surface area contributed by atoms with Gasteiger partial charge in [0.05, 0.1) is 6.61 Å². The predicted octanol–water partition coefficient (Wildman–Crippen LogP) is 2.55. The van der Waals surface area contributed by atoms with Crippen molar-refractivity contribution in [2.45, 2.75) is 32.4 Å². The smallest absolute Gasteiger partial charge is 0.121 e. The highest BCUT2D eigenvalue weighted by Crippen LogP contribution is 2.13. The third-order valence-corrected chi connectivity index (χ3v) is 2.77. The monoisotopic (exact) mass is 259 g/mol. The van der Waals surface area contributed by atoms with Crippen LogP contribution in [-0.4, -0.2) is 24.6 Å². The third kappa shape index (κ3) is 5.56. The number of nitrogens with one attached hydrogen (secondary N) is 1. The van der Waals surface area contributed by atoms with Crippen molar-refractivity contribution in [1.29, 1.82) is 0 Å². The maximum Gasteiger partial charge on any atom is 0.121 e. The zero-order valence-electron chi connectivity index (χ0n) is 11.6. The molecular formula is C16H21NO2. The molecule has 0 heterocycles. The number of carbonyl (C=O) groups excluding carboxylic acids is 1. The lowest BCUT2D eigenvalue weighted by molar-refractivity contribution is 0.340. The van der Waals surface area contributed by atoms with Gasteiger partial charge in [-0.25, -0.2) is 4.79 Å². The van der Waals surface area contributed by atoms with E-state index in [4.69, 9.17) is 4.74 Å². The van der Waals surface area contributed by atoms with Gasteiger partial charge in [-0.1, -0.05) is 18.2 Å². The molecule has 3 heteroatoms. The van der Waals surface area contributed by atoms with Crippen LogP contribution in [0.1, 0.15) is 19.4 Å². The quantitative estimate of drug-likeness (QED) is 0.576. The summed E-state index contributed by atoms with van der Waals surface area (Å²) in [7, 11) is 0. The van der Waals surface area contributed by atoms with Crippen LogP contribution in [0.15, 0.2) is 43.0 Å². The Bertz CT molecular complexity index is 433. The van der Waals surface area contributed by atoms with Gasteiger partial charge >= 0.3 is 0 Å². The molecule has 2 unspecified atom stereocenters. The molecule has 1 aromatic carbocycles. The van der Waals surface area contributed by atoms with Gasteiger partial charge in [-0.2, -0.15) is 0 Å². The van der Waals surface area contributed by atoms with Crippen LogP contribution in [0.3, 0.4) is 0 Å². The first kappa shape index (κ1) is 15.2. The summed E-state index contributed by atoms with van der Waals surface area (Å²) in [5.41, 5.74) is 1.20. The van der Waals surface area contributed by atoms with Crippen LogP contribution >= 0.6 is 0 Å². The average molecular weight is 259 g/mol. The van der Waals surface area contributed by atoms with Crippen LogP contribution in [0.25, 0.3) is 0 Å². The summed E-state index contributed by atoms with van der Waals surface area (Å²) in [4.78, 5) is 10.3. The van der Waals surface area contributed by atoms with E-state index in [-0.39, 0.29) is 12.1 Å². The molecule has 0 aliphatic heterocycles. The Labute approximate surface area is 115 Å². The van der Waals surface area contributed by atoms with Crippen molar-refractivity contribution in [3.8, 4) is 5.75 Å². The summed E-state index contributed by atoms with van der Waals surface area (Å²) in [5.74, 6) is 2.68. The fraction of sp³-hybridized carbons (Fsp3) is 0.375. The Morgan fingerprint density at radius 2 is 2.11 bits per heavy atom. The van der Waals surface area contributed by atoms with Gasteiger partial charge in [0, 0.05) is 18.2 Å². The van der Waals surface area contributed by atoms with E-state index < -0.39 is 0 Å². The number of rotatable bonds is 8. The second-order valence-electron chi connectivity index (χ2n) is 4.36. The van der Waals surface area contributed by atoms with E-state index in [1.165, 1.54) is 11.6 Å². The summed E-state index contributed by atoms with van der Waals surface area (Å²) in [6.45, 7) is 8.37. The van der Waals surface area contributed by atoms with Gasteiger partial charge in [-0.05, 0) is 38.0 Å². The van der Waals surface area contributed by atoms with Crippen LogP contribution in [0.5, 0.6) is 5.75 Å². The normalized spacial score (nSPS) is 13.2. The van der Waals surface area contributed by atoms with E-state index in [1.807, 2.05) is 44.2 Å². The molecule has 1 aromatic rings. The van der Waals surface area contributed by atoms with Crippen LogP contribution in [0.2, 0.25) is 0 Å². The molecule has 0 radical (unpaired) electrons. The summed E-state index contributed by atoms with van der Waals surface area (Å²) in [5, 5.41) is 3.29. The van der Waals surface area contributed by atoms with Gasteiger partial charge in [0.2, 0.25) is 0 Å². The van der Waals surface area contributed by atoms with Crippen molar-refractivity contribution in [2.75, 3.05) is 6.61 Å². The first-order valence-corrected chi connectivity index (χ1v) is 6.51. The number of hydrogen-bond acceptors (Lipinski definition) is 3. The lowest BCUT2D eigenvalue weighted by atomic mass is 10.0. The molecule has 2 atom stereocenters. The zero-order valence-corrected chi connectivity index (χ0v) is 11.6. The Kier molecular flexibility index (Phi) is 6.65. The second kappa shape index (κ2) is 8.30. The molecule has 19 heavy (non-hydrogen) atoms. The molecule has 0 aliphatic carbocycles. The van der Waals surface area contributed by atoms with E-state index in [2.05, 4.69) is 11.9 Å². The molecule has 0 aliphatic rings. The Balaban J connectivity index is 2.59. The summed E-state index contributed by atoms with van der Waals surface area (Å²) >= 11 is 0. The number of ether oxygens (including phenoxy) is 1. The molecule has 0 amide bonds. The first-order chi connectivity index (χ1) is 9.19. The summed E-state index contributed by atoms with van der Waals surface area (Å²) < 4.78 is 5.40. The van der Waals surface area contributed by atoms with Crippen molar-refractivity contribution in [3.63, 3.8) is 0 Å². The molecule has 0 bridgehead atoms. The molecule has 1 rings (SSSR count). The van der Waals surface area contributed by atoms with Crippen molar-refractivity contribution < 1.29 is 9.53 Å². The van der Waals surface area contributed by atoms with Gasteiger partial charge in [0.25, 0.3) is 0 Å². The molecular weight excluding hydrogens is 238 g/mol. The zero-order chi connectivity index (χ0) is 14.1. The van der Waals surface area contributed by atoms with Gasteiger partial charge in [0.15, 0.2) is 0 Å². The van der Waals surface area contributed by atoms with Crippen molar-refractivity contribution >= 4 is 5.94 Å². The molecule has 102 valence electrons. The van der Waals surface area contributed by atoms with Crippen LogP contribution < -0.4 is 10.1 Å². The second-order valence-corrected chi connectivity index (χ2v) is 4.36. The summed E-state index contributed by atoms with van der Waals surface area (Å²) in [6, 6.07) is 8.13. The minimum Gasteiger partial charge on any atom is -0.494 e. The van der Waals surface area contributed by atoms with E-state index in [0.717, 1.165) is 12.2 Å². The molecule has 0 fully saturated rings.